The number of nitro groups is 1. The minimum absolute atomic E-state index is 0.178. The molecular weight excluding hydrogens is 332 g/mol. The highest BCUT2D eigenvalue weighted by atomic mass is 16.6. The van der Waals surface area contributed by atoms with Crippen LogP contribution in [-0.4, -0.2) is 33.4 Å². The molecule has 0 saturated carbocycles. The van der Waals surface area contributed by atoms with Crippen molar-refractivity contribution in [3.8, 4) is 0 Å². The second-order valence-electron chi connectivity index (χ2n) is 6.43. The Bertz CT molecular complexity index is 833. The van der Waals surface area contributed by atoms with Gasteiger partial charge in [0.1, 0.15) is 0 Å². The standard InChI is InChI=1S/C20H20N2O4/c1-14(22(25)26)18(16-10-6-3-7-11-16)17-13-21(20(24)19(17)23)12-15-8-4-2-5-9-15/h2-11,14,18,23H,12-13H2,1H3/t14-,18+/m0/s1. The van der Waals surface area contributed by atoms with Crippen LogP contribution in [0.5, 0.6) is 0 Å². The van der Waals surface area contributed by atoms with Gasteiger partial charge >= 0.3 is 0 Å². The molecule has 0 spiro atoms. The lowest BCUT2D eigenvalue weighted by Gasteiger charge is -2.22. The summed E-state index contributed by atoms with van der Waals surface area (Å²) in [7, 11) is 0. The van der Waals surface area contributed by atoms with Crippen molar-refractivity contribution in [3.05, 3.63) is 93.2 Å². The van der Waals surface area contributed by atoms with E-state index >= 15 is 0 Å². The number of rotatable bonds is 6. The fourth-order valence-corrected chi connectivity index (χ4v) is 3.37. The third-order valence-corrected chi connectivity index (χ3v) is 4.72. The number of nitrogens with zero attached hydrogens (tertiary/aromatic N) is 2. The fraction of sp³-hybridized carbons (Fsp3) is 0.250. The molecule has 1 aliphatic rings. The number of carbonyl (C=O) groups is 1. The molecule has 0 radical (unpaired) electrons. The Morgan fingerprint density at radius 2 is 1.69 bits per heavy atom. The highest BCUT2D eigenvalue weighted by molar-refractivity contribution is 5.95. The number of benzene rings is 2. The Labute approximate surface area is 151 Å². The van der Waals surface area contributed by atoms with Crippen LogP contribution in [0.2, 0.25) is 0 Å². The summed E-state index contributed by atoms with van der Waals surface area (Å²) in [6, 6.07) is 17.5. The number of aliphatic hydroxyl groups excluding tert-OH is 1. The minimum Gasteiger partial charge on any atom is -0.503 e. The number of carbonyl (C=O) groups excluding carboxylic acids is 1. The zero-order valence-electron chi connectivity index (χ0n) is 14.4. The molecule has 0 fully saturated rings. The molecule has 3 rings (SSSR count). The summed E-state index contributed by atoms with van der Waals surface area (Å²) in [6.45, 7) is 2.03. The molecule has 0 aliphatic carbocycles. The molecule has 26 heavy (non-hydrogen) atoms. The fourth-order valence-electron chi connectivity index (χ4n) is 3.37. The SMILES string of the molecule is C[C@@H]([C@@H](C1=C(O)C(=O)N(Cc2ccccc2)C1)c1ccccc1)[N+](=O)[O-]. The zero-order valence-corrected chi connectivity index (χ0v) is 14.4. The molecular formula is C20H20N2O4. The number of amides is 1. The van der Waals surface area contributed by atoms with E-state index in [4.69, 9.17) is 0 Å². The predicted octanol–water partition coefficient (Wildman–Crippen LogP) is 3.29. The zero-order chi connectivity index (χ0) is 18.7. The molecule has 0 saturated heterocycles. The lowest BCUT2D eigenvalue weighted by atomic mass is 9.85. The molecule has 1 N–H and O–H groups in total. The average Bonchev–Trinajstić information content (AvgIpc) is 2.92. The first kappa shape index (κ1) is 17.7. The van der Waals surface area contributed by atoms with Crippen LogP contribution in [0.15, 0.2) is 72.0 Å². The second-order valence-corrected chi connectivity index (χ2v) is 6.43. The summed E-state index contributed by atoms with van der Waals surface area (Å²) in [5, 5.41) is 21.9. The largest absolute Gasteiger partial charge is 0.503 e. The molecule has 0 aromatic heterocycles. The van der Waals surface area contributed by atoms with E-state index in [2.05, 4.69) is 0 Å². The van der Waals surface area contributed by atoms with Crippen LogP contribution < -0.4 is 0 Å². The van der Waals surface area contributed by atoms with Gasteiger partial charge in [-0.25, -0.2) is 0 Å². The molecule has 6 heteroatoms. The molecule has 134 valence electrons. The summed E-state index contributed by atoms with van der Waals surface area (Å²) >= 11 is 0. The van der Waals surface area contributed by atoms with Crippen LogP contribution >= 0.6 is 0 Å². The Morgan fingerprint density at radius 1 is 1.12 bits per heavy atom. The van der Waals surface area contributed by atoms with Crippen LogP contribution in [0.1, 0.15) is 24.0 Å². The Morgan fingerprint density at radius 3 is 2.27 bits per heavy atom. The maximum absolute atomic E-state index is 12.5. The highest BCUT2D eigenvalue weighted by Crippen LogP contribution is 2.35. The van der Waals surface area contributed by atoms with Crippen LogP contribution in [0.25, 0.3) is 0 Å². The molecule has 6 nitrogen and oxygen atoms in total. The molecule has 1 aliphatic heterocycles. The van der Waals surface area contributed by atoms with E-state index in [1.54, 1.807) is 24.3 Å². The summed E-state index contributed by atoms with van der Waals surface area (Å²) in [5.74, 6) is -1.51. The van der Waals surface area contributed by atoms with E-state index in [1.165, 1.54) is 11.8 Å². The van der Waals surface area contributed by atoms with Crippen molar-refractivity contribution in [3.63, 3.8) is 0 Å². The Balaban J connectivity index is 1.91. The molecule has 0 unspecified atom stereocenters. The van der Waals surface area contributed by atoms with Crippen LogP contribution in [0, 0.1) is 10.1 Å². The van der Waals surface area contributed by atoms with Gasteiger partial charge in [-0.1, -0.05) is 60.7 Å². The molecule has 2 aromatic carbocycles. The topological polar surface area (TPSA) is 83.7 Å². The lowest BCUT2D eigenvalue weighted by molar-refractivity contribution is -0.520. The maximum atomic E-state index is 12.5. The van der Waals surface area contributed by atoms with Crippen molar-refractivity contribution >= 4 is 5.91 Å². The van der Waals surface area contributed by atoms with Crippen LogP contribution in [0.4, 0.5) is 0 Å². The van der Waals surface area contributed by atoms with Crippen molar-refractivity contribution in [1.29, 1.82) is 0 Å². The summed E-state index contributed by atoms with van der Waals surface area (Å²) in [5.41, 5.74) is 2.06. The molecule has 1 amide bonds. The second kappa shape index (κ2) is 7.39. The number of aliphatic hydroxyl groups is 1. The molecule has 2 aromatic rings. The van der Waals surface area contributed by atoms with E-state index in [9.17, 15) is 20.0 Å². The van der Waals surface area contributed by atoms with Gasteiger partial charge in [0.15, 0.2) is 5.76 Å². The smallest absolute Gasteiger partial charge is 0.289 e. The van der Waals surface area contributed by atoms with Gasteiger partial charge in [0.2, 0.25) is 6.04 Å². The summed E-state index contributed by atoms with van der Waals surface area (Å²) in [6.07, 6.45) is 0. The van der Waals surface area contributed by atoms with Gasteiger partial charge < -0.3 is 10.0 Å². The lowest BCUT2D eigenvalue weighted by Crippen LogP contribution is -2.29. The first-order valence-electron chi connectivity index (χ1n) is 8.42. The van der Waals surface area contributed by atoms with Gasteiger partial charge in [-0.2, -0.15) is 0 Å². The van der Waals surface area contributed by atoms with Crippen molar-refractivity contribution in [2.24, 2.45) is 0 Å². The minimum atomic E-state index is -0.959. The Kier molecular flexibility index (Phi) is 5.02. The number of hydrogen-bond donors (Lipinski definition) is 1. The summed E-state index contributed by atoms with van der Waals surface area (Å²) < 4.78 is 0. The van der Waals surface area contributed by atoms with E-state index in [1.807, 2.05) is 36.4 Å². The first-order valence-corrected chi connectivity index (χ1v) is 8.42. The van der Waals surface area contributed by atoms with E-state index in [0.717, 1.165) is 5.56 Å². The van der Waals surface area contributed by atoms with Gasteiger partial charge in [0.05, 0.1) is 5.92 Å². The van der Waals surface area contributed by atoms with Gasteiger partial charge in [-0.3, -0.25) is 14.9 Å². The van der Waals surface area contributed by atoms with Crippen molar-refractivity contribution in [2.45, 2.75) is 25.4 Å². The Hall–Kier alpha value is -3.15. The van der Waals surface area contributed by atoms with Crippen molar-refractivity contribution in [1.82, 2.24) is 4.90 Å². The van der Waals surface area contributed by atoms with Gasteiger partial charge in [-0.05, 0) is 11.1 Å². The monoisotopic (exact) mass is 352 g/mol. The number of hydrogen-bond acceptors (Lipinski definition) is 4. The molecule has 0 bridgehead atoms. The molecule has 2 atom stereocenters. The van der Waals surface area contributed by atoms with Crippen molar-refractivity contribution < 1.29 is 14.8 Å². The highest BCUT2D eigenvalue weighted by Gasteiger charge is 2.40. The predicted molar refractivity (Wildman–Crippen MR) is 97.2 cm³/mol. The van der Waals surface area contributed by atoms with Crippen molar-refractivity contribution in [2.75, 3.05) is 6.54 Å². The van der Waals surface area contributed by atoms with E-state index in [-0.39, 0.29) is 17.2 Å². The van der Waals surface area contributed by atoms with Crippen LogP contribution in [-0.2, 0) is 11.3 Å². The first-order chi connectivity index (χ1) is 12.5. The molecule has 1 heterocycles. The van der Waals surface area contributed by atoms with Gasteiger partial charge in [-0.15, -0.1) is 0 Å². The maximum Gasteiger partial charge on any atom is 0.289 e. The average molecular weight is 352 g/mol. The quantitative estimate of drug-likeness (QED) is 0.639. The van der Waals surface area contributed by atoms with E-state index in [0.29, 0.717) is 17.7 Å². The van der Waals surface area contributed by atoms with Crippen LogP contribution in [0.3, 0.4) is 0 Å². The third-order valence-electron chi connectivity index (χ3n) is 4.72. The van der Waals surface area contributed by atoms with E-state index < -0.39 is 17.9 Å². The van der Waals surface area contributed by atoms with Gasteiger partial charge in [0, 0.05) is 30.5 Å². The van der Waals surface area contributed by atoms with Gasteiger partial charge in [0.25, 0.3) is 5.91 Å². The normalized spacial score (nSPS) is 16.7. The summed E-state index contributed by atoms with van der Waals surface area (Å²) in [4.78, 5) is 25.1. The third kappa shape index (κ3) is 3.44.